The van der Waals surface area contributed by atoms with E-state index in [1.54, 1.807) is 18.6 Å². The van der Waals surface area contributed by atoms with Crippen molar-refractivity contribution in [3.8, 4) is 10.7 Å². The quantitative estimate of drug-likeness (QED) is 0.503. The third-order valence-electron chi connectivity index (χ3n) is 5.02. The summed E-state index contributed by atoms with van der Waals surface area (Å²) in [6.07, 6.45) is 5.18. The van der Waals surface area contributed by atoms with Crippen molar-refractivity contribution >= 4 is 39.6 Å². The lowest BCUT2D eigenvalue weighted by Gasteiger charge is -2.31. The van der Waals surface area contributed by atoms with Crippen molar-refractivity contribution in [1.29, 1.82) is 0 Å². The van der Waals surface area contributed by atoms with Gasteiger partial charge in [0.05, 0.1) is 36.2 Å². The lowest BCUT2D eigenvalue weighted by molar-refractivity contribution is 0.0526. The summed E-state index contributed by atoms with van der Waals surface area (Å²) in [4.78, 5) is 35.6. The van der Waals surface area contributed by atoms with Gasteiger partial charge in [-0.1, -0.05) is 0 Å². The molecule has 0 aromatic carbocycles. The van der Waals surface area contributed by atoms with E-state index in [1.165, 1.54) is 11.3 Å². The first-order valence-corrected chi connectivity index (χ1v) is 10.9. The van der Waals surface area contributed by atoms with Crippen LogP contribution < -0.4 is 15.8 Å². The molecule has 0 radical (unpaired) electrons. The first kappa shape index (κ1) is 19.6. The SMILES string of the molecule is Cc1csc(-c2cc3cc[nH]c(=O)c3c(Nc3cnc(N4CCO[C@H](C)C4)nc3)n2)n1. The lowest BCUT2D eigenvalue weighted by atomic mass is 10.2. The van der Waals surface area contributed by atoms with Gasteiger partial charge in [0.2, 0.25) is 5.95 Å². The van der Waals surface area contributed by atoms with Crippen LogP contribution in [0.5, 0.6) is 0 Å². The van der Waals surface area contributed by atoms with Gasteiger partial charge in [-0.25, -0.2) is 19.9 Å². The van der Waals surface area contributed by atoms with Gasteiger partial charge in [-0.05, 0) is 31.4 Å². The highest BCUT2D eigenvalue weighted by Crippen LogP contribution is 2.29. The van der Waals surface area contributed by atoms with Crippen LogP contribution in [0.1, 0.15) is 12.6 Å². The number of nitrogens with zero attached hydrogens (tertiary/aromatic N) is 5. The zero-order chi connectivity index (χ0) is 21.4. The fourth-order valence-electron chi connectivity index (χ4n) is 3.57. The van der Waals surface area contributed by atoms with E-state index < -0.39 is 0 Å². The monoisotopic (exact) mass is 435 g/mol. The summed E-state index contributed by atoms with van der Waals surface area (Å²) in [6, 6.07) is 3.74. The zero-order valence-corrected chi connectivity index (χ0v) is 17.9. The van der Waals surface area contributed by atoms with Crippen molar-refractivity contribution in [3.63, 3.8) is 0 Å². The molecule has 1 aliphatic rings. The summed E-state index contributed by atoms with van der Waals surface area (Å²) < 4.78 is 5.58. The minimum atomic E-state index is -0.214. The van der Waals surface area contributed by atoms with E-state index in [0.29, 0.717) is 35.1 Å². The van der Waals surface area contributed by atoms with Gasteiger partial charge in [0.25, 0.3) is 5.56 Å². The Bertz CT molecular complexity index is 1290. The van der Waals surface area contributed by atoms with Gasteiger partial charge in [-0.15, -0.1) is 11.3 Å². The molecule has 158 valence electrons. The number of hydrogen-bond donors (Lipinski definition) is 2. The summed E-state index contributed by atoms with van der Waals surface area (Å²) in [5.74, 6) is 1.10. The number of anilines is 3. The number of morpholine rings is 1. The van der Waals surface area contributed by atoms with E-state index in [0.717, 1.165) is 29.2 Å². The van der Waals surface area contributed by atoms with E-state index in [4.69, 9.17) is 9.72 Å². The topological polar surface area (TPSA) is 109 Å². The van der Waals surface area contributed by atoms with E-state index in [9.17, 15) is 4.79 Å². The highest BCUT2D eigenvalue weighted by molar-refractivity contribution is 7.13. The highest BCUT2D eigenvalue weighted by atomic mass is 32.1. The zero-order valence-electron chi connectivity index (χ0n) is 17.1. The molecule has 0 bridgehead atoms. The number of rotatable bonds is 4. The average molecular weight is 436 g/mol. The van der Waals surface area contributed by atoms with Gasteiger partial charge in [0.15, 0.2) is 0 Å². The molecule has 1 fully saturated rings. The number of H-pyrrole nitrogens is 1. The summed E-state index contributed by atoms with van der Waals surface area (Å²) in [5, 5.41) is 7.26. The molecule has 10 heteroatoms. The molecule has 9 nitrogen and oxygen atoms in total. The van der Waals surface area contributed by atoms with Crippen molar-refractivity contribution in [2.45, 2.75) is 20.0 Å². The summed E-state index contributed by atoms with van der Waals surface area (Å²) in [5.41, 5.74) is 2.08. The molecule has 1 atom stereocenters. The summed E-state index contributed by atoms with van der Waals surface area (Å²) in [6.45, 7) is 6.15. The molecular formula is C21H21N7O2S. The lowest BCUT2D eigenvalue weighted by Crippen LogP contribution is -2.41. The number of ether oxygens (including phenoxy) is 1. The van der Waals surface area contributed by atoms with Crippen molar-refractivity contribution in [3.05, 3.63) is 52.2 Å². The molecule has 0 spiro atoms. The number of aryl methyl sites for hydroxylation is 1. The Morgan fingerprint density at radius 3 is 2.87 bits per heavy atom. The molecular weight excluding hydrogens is 414 g/mol. The largest absolute Gasteiger partial charge is 0.375 e. The Kier molecular flexibility index (Phi) is 5.08. The van der Waals surface area contributed by atoms with E-state index >= 15 is 0 Å². The number of aromatic nitrogens is 5. The molecule has 0 amide bonds. The van der Waals surface area contributed by atoms with Crippen LogP contribution in [0.2, 0.25) is 0 Å². The molecule has 0 aliphatic carbocycles. The standard InChI is InChI=1S/C21H21N7O2S/c1-12-11-31-20(25-12)16-7-14-3-4-22-19(29)17(14)18(27-16)26-15-8-23-21(24-9-15)28-5-6-30-13(2)10-28/h3-4,7-9,11,13H,5-6,10H2,1-2H3,(H,22,29)(H,26,27)/t13-/m1/s1. The molecule has 1 aliphatic heterocycles. The Balaban J connectivity index is 1.50. The second kappa shape index (κ2) is 8.05. The number of nitrogens with one attached hydrogen (secondary N) is 2. The molecule has 5 heterocycles. The van der Waals surface area contributed by atoms with Gasteiger partial charge in [0.1, 0.15) is 16.5 Å². The van der Waals surface area contributed by atoms with Crippen LogP contribution in [-0.2, 0) is 4.74 Å². The molecule has 4 aromatic heterocycles. The molecule has 1 saturated heterocycles. The smallest absolute Gasteiger partial charge is 0.259 e. The van der Waals surface area contributed by atoms with Gasteiger partial charge in [-0.3, -0.25) is 4.79 Å². The van der Waals surface area contributed by atoms with Crippen LogP contribution in [0.25, 0.3) is 21.5 Å². The molecule has 4 aromatic rings. The minimum Gasteiger partial charge on any atom is -0.375 e. The normalized spacial score (nSPS) is 16.6. The molecule has 0 saturated carbocycles. The number of fused-ring (bicyclic) bond motifs is 1. The summed E-state index contributed by atoms with van der Waals surface area (Å²) in [7, 11) is 0. The van der Waals surface area contributed by atoms with Crippen LogP contribution >= 0.6 is 11.3 Å². The van der Waals surface area contributed by atoms with E-state index in [2.05, 4.69) is 30.2 Å². The Hall–Kier alpha value is -3.37. The maximum atomic E-state index is 12.5. The molecule has 5 rings (SSSR count). The predicted octanol–water partition coefficient (Wildman–Crippen LogP) is 3.11. The maximum Gasteiger partial charge on any atom is 0.259 e. The van der Waals surface area contributed by atoms with Crippen LogP contribution in [0.3, 0.4) is 0 Å². The van der Waals surface area contributed by atoms with E-state index in [-0.39, 0.29) is 11.7 Å². The second-order valence-corrected chi connectivity index (χ2v) is 8.30. The molecule has 2 N–H and O–H groups in total. The predicted molar refractivity (Wildman–Crippen MR) is 121 cm³/mol. The maximum absolute atomic E-state index is 12.5. The molecule has 0 unspecified atom stereocenters. The second-order valence-electron chi connectivity index (χ2n) is 7.45. The van der Waals surface area contributed by atoms with Crippen molar-refractivity contribution < 1.29 is 4.74 Å². The van der Waals surface area contributed by atoms with Gasteiger partial charge in [-0.2, -0.15) is 0 Å². The van der Waals surface area contributed by atoms with Crippen molar-refractivity contribution in [2.75, 3.05) is 29.9 Å². The van der Waals surface area contributed by atoms with Gasteiger partial charge in [0, 0.05) is 30.4 Å². The van der Waals surface area contributed by atoms with Crippen LogP contribution in [0.15, 0.2) is 40.9 Å². The molecule has 31 heavy (non-hydrogen) atoms. The first-order chi connectivity index (χ1) is 15.1. The number of aromatic amines is 1. The van der Waals surface area contributed by atoms with Crippen LogP contribution in [-0.4, -0.2) is 50.7 Å². The Morgan fingerprint density at radius 1 is 1.29 bits per heavy atom. The minimum absolute atomic E-state index is 0.148. The van der Waals surface area contributed by atoms with Crippen molar-refractivity contribution in [1.82, 2.24) is 24.9 Å². The fourth-order valence-corrected chi connectivity index (χ4v) is 4.33. The number of thiazole rings is 1. The van der Waals surface area contributed by atoms with Crippen LogP contribution in [0.4, 0.5) is 17.5 Å². The third kappa shape index (κ3) is 3.99. The summed E-state index contributed by atoms with van der Waals surface area (Å²) >= 11 is 1.52. The van der Waals surface area contributed by atoms with Crippen molar-refractivity contribution in [2.24, 2.45) is 0 Å². The van der Waals surface area contributed by atoms with Gasteiger partial charge < -0.3 is 19.9 Å². The first-order valence-electron chi connectivity index (χ1n) is 9.97. The fraction of sp³-hybridized carbons (Fsp3) is 0.286. The Morgan fingerprint density at radius 2 is 2.13 bits per heavy atom. The average Bonchev–Trinajstić information content (AvgIpc) is 3.20. The number of hydrogen-bond acceptors (Lipinski definition) is 9. The Labute approximate surface area is 182 Å². The third-order valence-corrected chi connectivity index (χ3v) is 6.00. The van der Waals surface area contributed by atoms with Gasteiger partial charge >= 0.3 is 0 Å². The number of pyridine rings is 2. The highest BCUT2D eigenvalue weighted by Gasteiger charge is 2.19. The van der Waals surface area contributed by atoms with E-state index in [1.807, 2.05) is 31.4 Å². The van der Waals surface area contributed by atoms with Crippen LogP contribution in [0, 0.1) is 6.92 Å².